The SMILES string of the molecule is CCNC(=NCc1cccc(Cn2cncn2)c1)NCc1cc(Cl)c(Cl)n1C. The van der Waals surface area contributed by atoms with Gasteiger partial charge in [-0.15, -0.1) is 0 Å². The fraction of sp³-hybridized carbons (Fsp3) is 0.316. The molecule has 2 aromatic heterocycles. The van der Waals surface area contributed by atoms with Crippen molar-refractivity contribution in [2.24, 2.45) is 12.0 Å². The summed E-state index contributed by atoms with van der Waals surface area (Å²) in [6, 6.07) is 10.2. The molecule has 0 spiro atoms. The summed E-state index contributed by atoms with van der Waals surface area (Å²) in [6.45, 7) is 4.63. The Morgan fingerprint density at radius 3 is 2.68 bits per heavy atom. The van der Waals surface area contributed by atoms with E-state index in [1.54, 1.807) is 11.0 Å². The number of guanidine groups is 1. The molecule has 0 aliphatic heterocycles. The fourth-order valence-electron chi connectivity index (χ4n) is 2.77. The minimum Gasteiger partial charge on any atom is -0.357 e. The maximum atomic E-state index is 6.13. The maximum Gasteiger partial charge on any atom is 0.191 e. The highest BCUT2D eigenvalue weighted by Crippen LogP contribution is 2.24. The van der Waals surface area contributed by atoms with Crippen LogP contribution in [-0.2, 0) is 26.7 Å². The Kier molecular flexibility index (Phi) is 6.95. The van der Waals surface area contributed by atoms with Gasteiger partial charge < -0.3 is 15.2 Å². The summed E-state index contributed by atoms with van der Waals surface area (Å²) in [5.74, 6) is 0.734. The third-order valence-electron chi connectivity index (χ3n) is 4.22. The van der Waals surface area contributed by atoms with Gasteiger partial charge in [-0.1, -0.05) is 47.5 Å². The number of nitrogens with one attached hydrogen (secondary N) is 2. The van der Waals surface area contributed by atoms with Crippen molar-refractivity contribution in [2.45, 2.75) is 26.6 Å². The van der Waals surface area contributed by atoms with Crippen LogP contribution in [0.3, 0.4) is 0 Å². The average molecular weight is 420 g/mol. The molecule has 0 fully saturated rings. The molecule has 0 radical (unpaired) electrons. The predicted molar refractivity (Wildman–Crippen MR) is 113 cm³/mol. The number of aromatic nitrogens is 4. The average Bonchev–Trinajstić information content (AvgIpc) is 3.28. The van der Waals surface area contributed by atoms with Gasteiger partial charge in [0.2, 0.25) is 0 Å². The molecule has 0 saturated heterocycles. The Morgan fingerprint density at radius 2 is 2.00 bits per heavy atom. The Bertz CT molecular complexity index is 932. The van der Waals surface area contributed by atoms with Crippen LogP contribution in [-0.4, -0.2) is 31.8 Å². The summed E-state index contributed by atoms with van der Waals surface area (Å²) >= 11 is 12.2. The summed E-state index contributed by atoms with van der Waals surface area (Å²) in [6.07, 6.45) is 3.25. The molecule has 2 N–H and O–H groups in total. The topological polar surface area (TPSA) is 72.1 Å². The lowest BCUT2D eigenvalue weighted by Crippen LogP contribution is -2.37. The smallest absolute Gasteiger partial charge is 0.191 e. The van der Waals surface area contributed by atoms with E-state index in [1.165, 1.54) is 6.33 Å². The highest BCUT2D eigenvalue weighted by atomic mass is 35.5. The summed E-state index contributed by atoms with van der Waals surface area (Å²) < 4.78 is 3.65. The fourth-order valence-corrected chi connectivity index (χ4v) is 3.19. The molecule has 0 aliphatic rings. The third kappa shape index (κ3) is 5.27. The standard InChI is InChI=1S/C19H23Cl2N7/c1-3-23-19(25-10-16-8-17(20)18(21)27(16)2)24-9-14-5-4-6-15(7-14)11-28-13-22-12-26-28/h4-8,12-13H,3,9-11H2,1-2H3,(H2,23,24,25). The Labute approximate surface area is 174 Å². The Balaban J connectivity index is 1.64. The molecule has 0 aliphatic carbocycles. The molecular formula is C19H23Cl2N7. The van der Waals surface area contributed by atoms with E-state index in [2.05, 4.69) is 43.9 Å². The molecule has 0 bridgehead atoms. The van der Waals surface area contributed by atoms with Crippen LogP contribution in [0.4, 0.5) is 0 Å². The van der Waals surface area contributed by atoms with Gasteiger partial charge in [0.05, 0.1) is 24.7 Å². The van der Waals surface area contributed by atoms with Crippen molar-refractivity contribution in [2.75, 3.05) is 6.54 Å². The van der Waals surface area contributed by atoms with Gasteiger partial charge in [0.1, 0.15) is 17.8 Å². The number of nitrogens with zero attached hydrogens (tertiary/aromatic N) is 5. The van der Waals surface area contributed by atoms with Crippen molar-refractivity contribution in [3.63, 3.8) is 0 Å². The van der Waals surface area contributed by atoms with E-state index in [0.29, 0.717) is 29.8 Å². The monoisotopic (exact) mass is 419 g/mol. The first-order chi connectivity index (χ1) is 13.6. The van der Waals surface area contributed by atoms with Crippen LogP contribution in [0.15, 0.2) is 48.0 Å². The van der Waals surface area contributed by atoms with Gasteiger partial charge in [-0.05, 0) is 24.1 Å². The second kappa shape index (κ2) is 9.61. The second-order valence-electron chi connectivity index (χ2n) is 6.30. The minimum atomic E-state index is 0.532. The molecule has 7 nitrogen and oxygen atoms in total. The van der Waals surface area contributed by atoms with E-state index in [1.807, 2.05) is 30.7 Å². The summed E-state index contributed by atoms with van der Waals surface area (Å²) in [5, 5.41) is 11.8. The predicted octanol–water partition coefficient (Wildman–Crippen LogP) is 3.23. The van der Waals surface area contributed by atoms with Gasteiger partial charge in [-0.3, -0.25) is 0 Å². The maximum absolute atomic E-state index is 6.13. The number of aliphatic imine (C=N–C) groups is 1. The zero-order valence-corrected chi connectivity index (χ0v) is 17.4. The molecule has 0 saturated carbocycles. The molecule has 0 amide bonds. The number of hydrogen-bond donors (Lipinski definition) is 2. The van der Waals surface area contributed by atoms with Gasteiger partial charge in [-0.2, -0.15) is 5.10 Å². The Morgan fingerprint density at radius 1 is 1.18 bits per heavy atom. The van der Waals surface area contributed by atoms with Crippen LogP contribution in [0.1, 0.15) is 23.7 Å². The van der Waals surface area contributed by atoms with E-state index >= 15 is 0 Å². The molecule has 148 valence electrons. The van der Waals surface area contributed by atoms with Crippen LogP contribution in [0, 0.1) is 0 Å². The number of rotatable bonds is 7. The molecule has 28 heavy (non-hydrogen) atoms. The van der Waals surface area contributed by atoms with Crippen molar-refractivity contribution < 1.29 is 0 Å². The van der Waals surface area contributed by atoms with Gasteiger partial charge in [0, 0.05) is 19.3 Å². The van der Waals surface area contributed by atoms with Crippen LogP contribution in [0.5, 0.6) is 0 Å². The van der Waals surface area contributed by atoms with E-state index in [4.69, 9.17) is 23.2 Å². The highest BCUT2D eigenvalue weighted by molar-refractivity contribution is 6.41. The lowest BCUT2D eigenvalue weighted by atomic mass is 10.1. The van der Waals surface area contributed by atoms with Crippen LogP contribution in [0.25, 0.3) is 0 Å². The third-order valence-corrected chi connectivity index (χ3v) is 5.06. The molecular weight excluding hydrogens is 397 g/mol. The Hall–Kier alpha value is -2.51. The number of benzene rings is 1. The zero-order valence-electron chi connectivity index (χ0n) is 15.9. The summed E-state index contributed by atoms with van der Waals surface area (Å²) in [5.41, 5.74) is 3.26. The first kappa shape index (κ1) is 20.2. The van der Waals surface area contributed by atoms with Crippen molar-refractivity contribution in [1.29, 1.82) is 0 Å². The first-order valence-corrected chi connectivity index (χ1v) is 9.74. The van der Waals surface area contributed by atoms with Gasteiger partial charge in [0.15, 0.2) is 5.96 Å². The molecule has 3 aromatic rings. The van der Waals surface area contributed by atoms with Crippen molar-refractivity contribution >= 4 is 29.2 Å². The quantitative estimate of drug-likeness (QED) is 0.455. The lowest BCUT2D eigenvalue weighted by molar-refractivity contribution is 0.684. The number of halogens is 2. The van der Waals surface area contributed by atoms with E-state index in [0.717, 1.165) is 29.3 Å². The summed E-state index contributed by atoms with van der Waals surface area (Å²) in [7, 11) is 1.88. The van der Waals surface area contributed by atoms with Gasteiger partial charge >= 0.3 is 0 Å². The van der Waals surface area contributed by atoms with Gasteiger partial charge in [-0.25, -0.2) is 14.7 Å². The van der Waals surface area contributed by atoms with Gasteiger partial charge in [0.25, 0.3) is 0 Å². The van der Waals surface area contributed by atoms with Crippen molar-refractivity contribution in [3.8, 4) is 0 Å². The van der Waals surface area contributed by atoms with Crippen molar-refractivity contribution in [3.05, 3.63) is 70.0 Å². The molecule has 2 heterocycles. The van der Waals surface area contributed by atoms with Crippen LogP contribution >= 0.6 is 23.2 Å². The minimum absolute atomic E-state index is 0.532. The van der Waals surface area contributed by atoms with Crippen LogP contribution < -0.4 is 10.6 Å². The van der Waals surface area contributed by atoms with E-state index in [-0.39, 0.29) is 0 Å². The van der Waals surface area contributed by atoms with E-state index in [9.17, 15) is 0 Å². The molecule has 1 aromatic carbocycles. The normalized spacial score (nSPS) is 11.6. The van der Waals surface area contributed by atoms with Crippen molar-refractivity contribution in [1.82, 2.24) is 30.0 Å². The van der Waals surface area contributed by atoms with Crippen LogP contribution in [0.2, 0.25) is 10.2 Å². The molecule has 9 heteroatoms. The first-order valence-electron chi connectivity index (χ1n) is 8.98. The second-order valence-corrected chi connectivity index (χ2v) is 7.06. The number of hydrogen-bond acceptors (Lipinski definition) is 3. The molecule has 3 rings (SSSR count). The molecule has 0 atom stereocenters. The largest absolute Gasteiger partial charge is 0.357 e. The summed E-state index contributed by atoms with van der Waals surface area (Å²) in [4.78, 5) is 8.65. The van der Waals surface area contributed by atoms with E-state index < -0.39 is 0 Å². The lowest BCUT2D eigenvalue weighted by Gasteiger charge is -2.12. The zero-order chi connectivity index (χ0) is 19.9. The highest BCUT2D eigenvalue weighted by Gasteiger charge is 2.09. The molecule has 0 unspecified atom stereocenters.